The third-order valence-corrected chi connectivity index (χ3v) is 4.84. The number of hydrogen-bond acceptors (Lipinski definition) is 2. The Morgan fingerprint density at radius 1 is 1.05 bits per heavy atom. The number of likely N-dealkylation sites (N-methyl/N-ethyl adjacent to an activating group) is 1. The number of aromatic nitrogens is 1. The highest BCUT2D eigenvalue weighted by atomic mass is 35.5. The molecular weight excluding hydrogens is 282 g/mol. The van der Waals surface area contributed by atoms with Gasteiger partial charge in [-0.05, 0) is 50.7 Å². The minimum atomic E-state index is 0.817. The molecular formula is C17H24ClN3. The Labute approximate surface area is 132 Å². The highest BCUT2D eigenvalue weighted by Crippen LogP contribution is 2.23. The molecule has 3 nitrogen and oxygen atoms in total. The predicted molar refractivity (Wildman–Crippen MR) is 90.2 cm³/mol. The van der Waals surface area contributed by atoms with Crippen LogP contribution in [0.2, 0.25) is 5.02 Å². The molecule has 0 unspecified atom stereocenters. The Balaban J connectivity index is 1.59. The second-order valence-electron chi connectivity index (χ2n) is 6.15. The third kappa shape index (κ3) is 3.42. The molecule has 0 aliphatic carbocycles. The number of benzene rings is 1. The second-order valence-corrected chi connectivity index (χ2v) is 6.58. The molecule has 1 aromatic heterocycles. The molecule has 0 radical (unpaired) electrons. The van der Waals surface area contributed by atoms with Gasteiger partial charge in [0.2, 0.25) is 0 Å². The van der Waals surface area contributed by atoms with E-state index in [1.165, 1.54) is 55.7 Å². The lowest BCUT2D eigenvalue weighted by Crippen LogP contribution is -2.44. The van der Waals surface area contributed by atoms with Crippen LogP contribution in [0.1, 0.15) is 12.1 Å². The van der Waals surface area contributed by atoms with Gasteiger partial charge in [0, 0.05) is 54.8 Å². The fourth-order valence-electron chi connectivity index (χ4n) is 3.17. The average Bonchev–Trinajstić information content (AvgIpc) is 2.77. The van der Waals surface area contributed by atoms with Gasteiger partial charge in [-0.3, -0.25) is 0 Å². The van der Waals surface area contributed by atoms with Crippen LogP contribution in [-0.2, 0) is 13.5 Å². The van der Waals surface area contributed by atoms with Crippen molar-refractivity contribution in [2.75, 3.05) is 39.8 Å². The van der Waals surface area contributed by atoms with Crippen molar-refractivity contribution in [3.8, 4) is 0 Å². The fourth-order valence-corrected chi connectivity index (χ4v) is 3.35. The quantitative estimate of drug-likeness (QED) is 0.860. The van der Waals surface area contributed by atoms with Crippen molar-refractivity contribution >= 4 is 22.5 Å². The van der Waals surface area contributed by atoms with E-state index >= 15 is 0 Å². The number of fused-ring (bicyclic) bond motifs is 1. The number of hydrogen-bond donors (Lipinski definition) is 0. The first-order valence-electron chi connectivity index (χ1n) is 7.78. The van der Waals surface area contributed by atoms with Gasteiger partial charge < -0.3 is 14.4 Å². The molecule has 1 fully saturated rings. The Kier molecular flexibility index (Phi) is 4.53. The summed E-state index contributed by atoms with van der Waals surface area (Å²) >= 11 is 6.08. The Morgan fingerprint density at radius 2 is 1.81 bits per heavy atom. The normalized spacial score (nSPS) is 17.7. The van der Waals surface area contributed by atoms with Gasteiger partial charge in [-0.25, -0.2) is 0 Å². The zero-order valence-corrected chi connectivity index (χ0v) is 13.7. The van der Waals surface area contributed by atoms with Crippen LogP contribution in [0, 0.1) is 0 Å². The lowest BCUT2D eigenvalue weighted by atomic mass is 10.2. The van der Waals surface area contributed by atoms with Crippen molar-refractivity contribution in [1.82, 2.24) is 14.4 Å². The van der Waals surface area contributed by atoms with Crippen LogP contribution in [0.25, 0.3) is 10.9 Å². The van der Waals surface area contributed by atoms with Crippen LogP contribution < -0.4 is 0 Å². The third-order valence-electron chi connectivity index (χ3n) is 4.61. The summed E-state index contributed by atoms with van der Waals surface area (Å²) in [4.78, 5) is 4.99. The summed E-state index contributed by atoms with van der Waals surface area (Å²) in [6, 6.07) is 8.42. The monoisotopic (exact) mass is 305 g/mol. The minimum Gasteiger partial charge on any atom is -0.348 e. The first kappa shape index (κ1) is 14.9. The van der Waals surface area contributed by atoms with E-state index in [1.54, 1.807) is 0 Å². The van der Waals surface area contributed by atoms with Crippen LogP contribution in [0.15, 0.2) is 24.3 Å². The predicted octanol–water partition coefficient (Wildman–Crippen LogP) is 3.01. The largest absolute Gasteiger partial charge is 0.348 e. The Hall–Kier alpha value is -1.03. The maximum atomic E-state index is 6.08. The summed E-state index contributed by atoms with van der Waals surface area (Å²) in [5.41, 5.74) is 2.68. The number of rotatable bonds is 4. The van der Waals surface area contributed by atoms with Gasteiger partial charge in [-0.2, -0.15) is 0 Å². The summed E-state index contributed by atoms with van der Waals surface area (Å²) in [6.07, 6.45) is 2.36. The SMILES string of the molecule is CN1CCN(CCCc2cc3cc(Cl)ccc3n2C)CC1. The first-order valence-corrected chi connectivity index (χ1v) is 8.16. The van der Waals surface area contributed by atoms with Gasteiger partial charge in [-0.1, -0.05) is 11.6 Å². The molecule has 0 N–H and O–H groups in total. The molecule has 0 amide bonds. The Morgan fingerprint density at radius 3 is 2.57 bits per heavy atom. The molecule has 1 aliphatic rings. The molecule has 2 heterocycles. The highest BCUT2D eigenvalue weighted by molar-refractivity contribution is 6.31. The van der Waals surface area contributed by atoms with Crippen molar-refractivity contribution in [2.24, 2.45) is 7.05 Å². The van der Waals surface area contributed by atoms with Crippen molar-refractivity contribution in [1.29, 1.82) is 0 Å². The summed E-state index contributed by atoms with van der Waals surface area (Å²) in [5.74, 6) is 0. The van der Waals surface area contributed by atoms with Gasteiger partial charge in [0.1, 0.15) is 0 Å². The van der Waals surface area contributed by atoms with Crippen LogP contribution in [0.3, 0.4) is 0 Å². The zero-order valence-electron chi connectivity index (χ0n) is 13.0. The molecule has 0 saturated carbocycles. The van der Waals surface area contributed by atoms with Crippen molar-refractivity contribution < 1.29 is 0 Å². The van der Waals surface area contributed by atoms with Gasteiger partial charge in [0.05, 0.1) is 0 Å². The molecule has 0 bridgehead atoms. The standard InChI is InChI=1S/C17H24ClN3/c1-19-8-10-21(11-9-19)7-3-4-16-13-14-12-15(18)5-6-17(14)20(16)2/h5-6,12-13H,3-4,7-11H2,1-2H3. The summed E-state index contributed by atoms with van der Waals surface area (Å²) in [6.45, 7) is 6.03. The van der Waals surface area contributed by atoms with E-state index in [2.05, 4.69) is 46.7 Å². The summed E-state index contributed by atoms with van der Waals surface area (Å²) in [7, 11) is 4.36. The van der Waals surface area contributed by atoms with E-state index < -0.39 is 0 Å². The van der Waals surface area contributed by atoms with Crippen molar-refractivity contribution in [3.63, 3.8) is 0 Å². The molecule has 4 heteroatoms. The maximum absolute atomic E-state index is 6.08. The molecule has 1 saturated heterocycles. The lowest BCUT2D eigenvalue weighted by molar-refractivity contribution is 0.153. The molecule has 2 aromatic rings. The topological polar surface area (TPSA) is 11.4 Å². The van der Waals surface area contributed by atoms with Crippen LogP contribution in [0.5, 0.6) is 0 Å². The van der Waals surface area contributed by atoms with E-state index in [1.807, 2.05) is 6.07 Å². The molecule has 0 atom stereocenters. The zero-order chi connectivity index (χ0) is 14.8. The molecule has 3 rings (SSSR count). The van der Waals surface area contributed by atoms with E-state index in [0.29, 0.717) is 0 Å². The molecule has 114 valence electrons. The maximum Gasteiger partial charge on any atom is 0.0480 e. The second kappa shape index (κ2) is 6.39. The van der Waals surface area contributed by atoms with Crippen LogP contribution >= 0.6 is 11.6 Å². The van der Waals surface area contributed by atoms with Crippen LogP contribution in [-0.4, -0.2) is 54.1 Å². The number of halogens is 1. The van der Waals surface area contributed by atoms with E-state index in [4.69, 9.17) is 11.6 Å². The summed E-state index contributed by atoms with van der Waals surface area (Å²) in [5, 5.41) is 2.07. The number of nitrogens with zero attached hydrogens (tertiary/aromatic N) is 3. The minimum absolute atomic E-state index is 0.817. The number of aryl methyl sites for hydroxylation is 2. The van der Waals surface area contributed by atoms with Gasteiger partial charge in [0.25, 0.3) is 0 Å². The van der Waals surface area contributed by atoms with E-state index in [0.717, 1.165) is 11.4 Å². The smallest absolute Gasteiger partial charge is 0.0480 e. The van der Waals surface area contributed by atoms with Crippen molar-refractivity contribution in [3.05, 3.63) is 35.0 Å². The van der Waals surface area contributed by atoms with Crippen molar-refractivity contribution in [2.45, 2.75) is 12.8 Å². The van der Waals surface area contributed by atoms with Gasteiger partial charge in [-0.15, -0.1) is 0 Å². The fraction of sp³-hybridized carbons (Fsp3) is 0.529. The number of piperazine rings is 1. The van der Waals surface area contributed by atoms with E-state index in [9.17, 15) is 0 Å². The lowest BCUT2D eigenvalue weighted by Gasteiger charge is -2.32. The molecule has 1 aromatic carbocycles. The Bertz CT molecular complexity index is 612. The first-order chi connectivity index (χ1) is 10.1. The summed E-state index contributed by atoms with van der Waals surface area (Å²) < 4.78 is 2.30. The molecule has 0 spiro atoms. The van der Waals surface area contributed by atoms with Gasteiger partial charge >= 0.3 is 0 Å². The average molecular weight is 306 g/mol. The van der Waals surface area contributed by atoms with Crippen LogP contribution in [0.4, 0.5) is 0 Å². The highest BCUT2D eigenvalue weighted by Gasteiger charge is 2.13. The molecule has 21 heavy (non-hydrogen) atoms. The van der Waals surface area contributed by atoms with Gasteiger partial charge in [0.15, 0.2) is 0 Å². The molecule has 1 aliphatic heterocycles. The van der Waals surface area contributed by atoms with E-state index in [-0.39, 0.29) is 0 Å².